The van der Waals surface area contributed by atoms with Crippen LogP contribution in [0.25, 0.3) is 0 Å². The van der Waals surface area contributed by atoms with Crippen molar-refractivity contribution < 1.29 is 24.6 Å². The van der Waals surface area contributed by atoms with Crippen LogP contribution in [0.5, 0.6) is 5.75 Å². The van der Waals surface area contributed by atoms with E-state index >= 15 is 0 Å². The number of carboxylic acid groups (broad SMARTS) is 1. The van der Waals surface area contributed by atoms with Crippen LogP contribution < -0.4 is 10.2 Å². The molecule has 2 amide bonds. The van der Waals surface area contributed by atoms with Gasteiger partial charge in [0.1, 0.15) is 11.8 Å². The lowest BCUT2D eigenvalue weighted by molar-refractivity contribution is -0.142. The van der Waals surface area contributed by atoms with Gasteiger partial charge in [-0.3, -0.25) is 19.7 Å². The van der Waals surface area contributed by atoms with E-state index in [0.29, 0.717) is 11.3 Å². The number of nitrogens with zero attached hydrogens (tertiary/aromatic N) is 1. The minimum absolute atomic E-state index is 0.0480. The Morgan fingerprint density at radius 1 is 0.923 bits per heavy atom. The highest BCUT2D eigenvalue weighted by Crippen LogP contribution is 2.46. The molecule has 0 saturated carbocycles. The van der Waals surface area contributed by atoms with Crippen molar-refractivity contribution in [2.24, 2.45) is 11.8 Å². The third-order valence-corrected chi connectivity index (χ3v) is 5.03. The van der Waals surface area contributed by atoms with Crippen LogP contribution in [0, 0.1) is 11.8 Å². The number of anilines is 1. The summed E-state index contributed by atoms with van der Waals surface area (Å²) in [6.07, 6.45) is 0. The van der Waals surface area contributed by atoms with E-state index in [0.717, 1.165) is 4.90 Å². The predicted octanol–water partition coefficient (Wildman–Crippen LogP) is 1.30. The number of aromatic hydroxyl groups is 1. The number of imide groups is 1. The minimum Gasteiger partial charge on any atom is -0.508 e. The third-order valence-electron chi connectivity index (χ3n) is 5.03. The summed E-state index contributed by atoms with van der Waals surface area (Å²) in [5.41, 5.74) is 0.819. The number of para-hydroxylation sites is 2. The first-order chi connectivity index (χ1) is 12.5. The molecule has 0 bridgehead atoms. The van der Waals surface area contributed by atoms with Gasteiger partial charge in [-0.25, -0.2) is 4.90 Å². The van der Waals surface area contributed by atoms with E-state index in [1.54, 1.807) is 48.5 Å². The van der Waals surface area contributed by atoms with Gasteiger partial charge in [0.05, 0.1) is 17.5 Å². The highest BCUT2D eigenvalue weighted by molar-refractivity contribution is 6.23. The zero-order chi connectivity index (χ0) is 18.4. The lowest BCUT2D eigenvalue weighted by Gasteiger charge is -2.21. The van der Waals surface area contributed by atoms with Crippen molar-refractivity contribution in [1.82, 2.24) is 5.32 Å². The van der Waals surface area contributed by atoms with Crippen LogP contribution in [0.3, 0.4) is 0 Å². The summed E-state index contributed by atoms with van der Waals surface area (Å²) in [4.78, 5) is 38.7. The Labute approximate surface area is 148 Å². The SMILES string of the molecule is O=C(O)[C@@H]1N[C@H](c2ccccc2O)[C@@H]2C(=O)N(c3ccccc3)C(=O)[C@H]21. The number of amides is 2. The summed E-state index contributed by atoms with van der Waals surface area (Å²) in [6.45, 7) is 0. The quantitative estimate of drug-likeness (QED) is 0.719. The fourth-order valence-corrected chi connectivity index (χ4v) is 3.90. The lowest BCUT2D eigenvalue weighted by Crippen LogP contribution is -2.43. The molecule has 7 heteroatoms. The van der Waals surface area contributed by atoms with Crippen LogP contribution in [-0.2, 0) is 14.4 Å². The van der Waals surface area contributed by atoms with Gasteiger partial charge in [-0.15, -0.1) is 0 Å². The third kappa shape index (κ3) is 2.28. The van der Waals surface area contributed by atoms with E-state index in [-0.39, 0.29) is 5.75 Å². The average Bonchev–Trinajstić information content (AvgIpc) is 3.14. The molecule has 0 aromatic heterocycles. The van der Waals surface area contributed by atoms with Crippen LogP contribution >= 0.6 is 0 Å². The highest BCUT2D eigenvalue weighted by Gasteiger charge is 2.61. The molecule has 2 fully saturated rings. The van der Waals surface area contributed by atoms with E-state index < -0.39 is 41.7 Å². The molecule has 2 heterocycles. The van der Waals surface area contributed by atoms with Crippen molar-refractivity contribution in [2.45, 2.75) is 12.1 Å². The van der Waals surface area contributed by atoms with Crippen molar-refractivity contribution in [1.29, 1.82) is 0 Å². The largest absolute Gasteiger partial charge is 0.508 e. The molecule has 2 aliphatic rings. The van der Waals surface area contributed by atoms with Crippen molar-refractivity contribution in [3.05, 3.63) is 60.2 Å². The fraction of sp³-hybridized carbons (Fsp3) is 0.211. The molecular weight excluding hydrogens is 336 g/mol. The second-order valence-electron chi connectivity index (χ2n) is 6.42. The smallest absolute Gasteiger partial charge is 0.321 e. The van der Waals surface area contributed by atoms with Gasteiger partial charge in [-0.2, -0.15) is 0 Å². The predicted molar refractivity (Wildman–Crippen MR) is 91.3 cm³/mol. The Morgan fingerprint density at radius 2 is 1.54 bits per heavy atom. The van der Waals surface area contributed by atoms with Crippen LogP contribution in [-0.4, -0.2) is 34.0 Å². The molecule has 26 heavy (non-hydrogen) atoms. The van der Waals surface area contributed by atoms with E-state index in [1.807, 2.05) is 0 Å². The number of phenolic OH excluding ortho intramolecular Hbond substituents is 1. The zero-order valence-electron chi connectivity index (χ0n) is 13.6. The summed E-state index contributed by atoms with van der Waals surface area (Å²) in [6, 6.07) is 12.9. The number of benzene rings is 2. The summed E-state index contributed by atoms with van der Waals surface area (Å²) >= 11 is 0. The van der Waals surface area contributed by atoms with Gasteiger partial charge in [-0.1, -0.05) is 36.4 Å². The molecule has 3 N–H and O–H groups in total. The number of hydrogen-bond donors (Lipinski definition) is 3. The molecule has 132 valence electrons. The second kappa shape index (κ2) is 5.96. The monoisotopic (exact) mass is 352 g/mol. The zero-order valence-corrected chi connectivity index (χ0v) is 13.6. The molecule has 0 unspecified atom stereocenters. The van der Waals surface area contributed by atoms with E-state index in [4.69, 9.17) is 0 Å². The van der Waals surface area contributed by atoms with Crippen molar-refractivity contribution in [3.63, 3.8) is 0 Å². The Bertz CT molecular complexity index is 898. The van der Waals surface area contributed by atoms with Crippen LogP contribution in [0.15, 0.2) is 54.6 Å². The molecule has 4 rings (SSSR count). The van der Waals surface area contributed by atoms with Crippen LogP contribution in [0.2, 0.25) is 0 Å². The number of carboxylic acids is 1. The summed E-state index contributed by atoms with van der Waals surface area (Å²) in [7, 11) is 0. The molecule has 0 aliphatic carbocycles. The summed E-state index contributed by atoms with van der Waals surface area (Å²) in [5, 5.41) is 22.6. The maximum Gasteiger partial charge on any atom is 0.321 e. The van der Waals surface area contributed by atoms with Gasteiger partial charge in [0.25, 0.3) is 0 Å². The molecule has 0 radical (unpaired) electrons. The maximum atomic E-state index is 13.1. The molecule has 7 nitrogen and oxygen atoms in total. The molecule has 2 saturated heterocycles. The van der Waals surface area contributed by atoms with Crippen molar-refractivity contribution in [2.75, 3.05) is 4.90 Å². The van der Waals surface area contributed by atoms with Gasteiger partial charge in [0.15, 0.2) is 0 Å². The lowest BCUT2D eigenvalue weighted by atomic mass is 9.86. The van der Waals surface area contributed by atoms with Gasteiger partial charge < -0.3 is 10.2 Å². The Balaban J connectivity index is 1.80. The van der Waals surface area contributed by atoms with E-state index in [1.165, 1.54) is 6.07 Å². The molecule has 2 aromatic rings. The Morgan fingerprint density at radius 3 is 2.19 bits per heavy atom. The normalized spacial score (nSPS) is 27.6. The first-order valence-corrected chi connectivity index (χ1v) is 8.20. The van der Waals surface area contributed by atoms with E-state index in [2.05, 4.69) is 5.32 Å². The van der Waals surface area contributed by atoms with E-state index in [9.17, 15) is 24.6 Å². The molecule has 2 aliphatic heterocycles. The number of phenols is 1. The second-order valence-corrected chi connectivity index (χ2v) is 6.42. The van der Waals surface area contributed by atoms with Gasteiger partial charge in [-0.05, 0) is 18.2 Å². The number of rotatable bonds is 3. The molecule has 2 aromatic carbocycles. The number of fused-ring (bicyclic) bond motifs is 1. The number of hydrogen-bond acceptors (Lipinski definition) is 5. The number of carbonyl (C=O) groups excluding carboxylic acids is 2. The van der Waals surface area contributed by atoms with Crippen LogP contribution in [0.1, 0.15) is 11.6 Å². The van der Waals surface area contributed by atoms with Crippen molar-refractivity contribution in [3.8, 4) is 5.75 Å². The first kappa shape index (κ1) is 16.3. The number of nitrogens with one attached hydrogen (secondary N) is 1. The number of aliphatic carboxylic acids is 1. The molecule has 4 atom stereocenters. The Kier molecular flexibility index (Phi) is 3.73. The highest BCUT2D eigenvalue weighted by atomic mass is 16.4. The standard InChI is InChI=1S/C19H16N2O5/c22-12-9-5-4-8-11(12)15-13-14(16(20-15)19(25)26)18(24)21(17(13)23)10-6-2-1-3-7-10/h1-9,13-16,20,22H,(H,25,26)/t13-,14-,15-,16-/m1/s1. The summed E-state index contributed by atoms with van der Waals surface area (Å²) in [5.74, 6) is -4.16. The van der Waals surface area contributed by atoms with Crippen LogP contribution in [0.4, 0.5) is 5.69 Å². The Hall–Kier alpha value is -3.19. The average molecular weight is 352 g/mol. The molecule has 0 spiro atoms. The van der Waals surface area contributed by atoms with Gasteiger partial charge >= 0.3 is 5.97 Å². The van der Waals surface area contributed by atoms with Gasteiger partial charge in [0, 0.05) is 11.6 Å². The van der Waals surface area contributed by atoms with Gasteiger partial charge in [0.2, 0.25) is 11.8 Å². The number of carbonyl (C=O) groups is 3. The topological polar surface area (TPSA) is 107 Å². The first-order valence-electron chi connectivity index (χ1n) is 8.20. The minimum atomic E-state index is -1.20. The maximum absolute atomic E-state index is 13.1. The summed E-state index contributed by atoms with van der Waals surface area (Å²) < 4.78 is 0. The molecular formula is C19H16N2O5. The van der Waals surface area contributed by atoms with Crippen molar-refractivity contribution >= 4 is 23.5 Å². The fourth-order valence-electron chi connectivity index (χ4n) is 3.90.